The van der Waals surface area contributed by atoms with E-state index in [9.17, 15) is 19.2 Å². The van der Waals surface area contributed by atoms with Gasteiger partial charge in [-0.25, -0.2) is 4.79 Å². The van der Waals surface area contributed by atoms with Gasteiger partial charge in [-0.15, -0.1) is 0 Å². The molecule has 1 fully saturated rings. The molecule has 0 aliphatic carbocycles. The van der Waals surface area contributed by atoms with Gasteiger partial charge >= 0.3 is 6.03 Å². The van der Waals surface area contributed by atoms with Gasteiger partial charge in [-0.05, 0) is 31.5 Å². The largest absolute Gasteiger partial charge is 0.327 e. The van der Waals surface area contributed by atoms with Crippen molar-refractivity contribution in [3.63, 3.8) is 0 Å². The van der Waals surface area contributed by atoms with Crippen molar-refractivity contribution in [3.8, 4) is 0 Å². The number of fused-ring (bicyclic) bond motifs is 1. The zero-order valence-corrected chi connectivity index (χ0v) is 18.9. The average molecular weight is 484 g/mol. The number of hydrogen-bond donors (Lipinski definition) is 0. The smallest absolute Gasteiger partial charge is 0.322 e. The van der Waals surface area contributed by atoms with Crippen LogP contribution in [-0.2, 0) is 4.79 Å². The Hall–Kier alpha value is -3.00. The molecule has 0 unspecified atom stereocenters. The van der Waals surface area contributed by atoms with Crippen LogP contribution in [0.3, 0.4) is 0 Å². The number of likely N-dealkylation sites (N-methyl/N-ethyl adjacent to an activating group) is 1. The molecule has 31 heavy (non-hydrogen) atoms. The number of carbonyl (C=O) groups is 4. The molecule has 2 aliphatic rings. The molecular weight excluding hydrogens is 462 g/mol. The number of rotatable bonds is 4. The first-order valence-electron chi connectivity index (χ1n) is 10.0. The molecule has 2 aromatic rings. The van der Waals surface area contributed by atoms with Crippen molar-refractivity contribution in [1.29, 1.82) is 0 Å². The second kappa shape index (κ2) is 7.92. The highest BCUT2D eigenvalue weighted by molar-refractivity contribution is 9.10. The predicted octanol–water partition coefficient (Wildman–Crippen LogP) is 3.46. The summed E-state index contributed by atoms with van der Waals surface area (Å²) in [5.41, 5.74) is 1.48. The minimum Gasteiger partial charge on any atom is -0.322 e. The van der Waals surface area contributed by atoms with Crippen LogP contribution in [0.25, 0.3) is 0 Å². The molecule has 0 radical (unpaired) electrons. The highest BCUT2D eigenvalue weighted by atomic mass is 79.9. The summed E-state index contributed by atoms with van der Waals surface area (Å²) in [6.45, 7) is 3.52. The second-order valence-corrected chi connectivity index (χ2v) is 8.85. The Morgan fingerprint density at radius 3 is 2.00 bits per heavy atom. The van der Waals surface area contributed by atoms with Gasteiger partial charge < -0.3 is 4.90 Å². The van der Waals surface area contributed by atoms with E-state index in [-0.39, 0.29) is 6.04 Å². The number of nitrogens with zero attached hydrogens (tertiary/aromatic N) is 3. The summed E-state index contributed by atoms with van der Waals surface area (Å²) in [6, 6.07) is 14.0. The number of hydrogen-bond acceptors (Lipinski definition) is 4. The van der Waals surface area contributed by atoms with Gasteiger partial charge in [0.1, 0.15) is 4.83 Å². The van der Waals surface area contributed by atoms with Crippen LogP contribution in [0.1, 0.15) is 46.2 Å². The highest BCUT2D eigenvalue weighted by Crippen LogP contribution is 2.37. The third kappa shape index (κ3) is 3.26. The van der Waals surface area contributed by atoms with Crippen LogP contribution in [-0.4, -0.2) is 62.4 Å². The Bertz CT molecular complexity index is 1040. The number of urea groups is 1. The van der Waals surface area contributed by atoms with E-state index in [2.05, 4.69) is 15.9 Å². The molecule has 0 N–H and O–H groups in total. The molecular formula is C23H22BrN3O4. The predicted molar refractivity (Wildman–Crippen MR) is 118 cm³/mol. The first-order valence-corrected chi connectivity index (χ1v) is 10.9. The highest BCUT2D eigenvalue weighted by Gasteiger charge is 2.49. The summed E-state index contributed by atoms with van der Waals surface area (Å²) in [5, 5.41) is 0. The third-order valence-electron chi connectivity index (χ3n) is 6.12. The van der Waals surface area contributed by atoms with E-state index >= 15 is 0 Å². The number of carbonyl (C=O) groups excluding carboxylic acids is 4. The van der Waals surface area contributed by atoms with Crippen molar-refractivity contribution in [3.05, 3.63) is 71.3 Å². The van der Waals surface area contributed by atoms with Crippen molar-refractivity contribution in [2.45, 2.75) is 36.8 Å². The fourth-order valence-corrected chi connectivity index (χ4v) is 4.70. The lowest BCUT2D eigenvalue weighted by atomic mass is 10.00. The Morgan fingerprint density at radius 1 is 0.935 bits per heavy atom. The average Bonchev–Trinajstić information content (AvgIpc) is 3.17. The topological polar surface area (TPSA) is 78.0 Å². The molecule has 5 amide bonds. The van der Waals surface area contributed by atoms with Gasteiger partial charge in [-0.3, -0.25) is 24.2 Å². The van der Waals surface area contributed by atoms with Gasteiger partial charge in [0, 0.05) is 7.05 Å². The summed E-state index contributed by atoms with van der Waals surface area (Å²) >= 11 is 3.39. The van der Waals surface area contributed by atoms with Gasteiger partial charge in [0.15, 0.2) is 0 Å². The maximum Gasteiger partial charge on any atom is 0.327 e. The van der Waals surface area contributed by atoms with E-state index < -0.39 is 40.7 Å². The van der Waals surface area contributed by atoms with Crippen molar-refractivity contribution in [2.24, 2.45) is 0 Å². The number of amides is 5. The number of imide groups is 2. The van der Waals surface area contributed by atoms with Crippen molar-refractivity contribution in [2.75, 3.05) is 7.05 Å². The Labute approximate surface area is 188 Å². The summed E-state index contributed by atoms with van der Waals surface area (Å²) in [7, 11) is 1.66. The first kappa shape index (κ1) is 21.2. The Kier molecular flexibility index (Phi) is 5.43. The van der Waals surface area contributed by atoms with E-state index in [0.29, 0.717) is 11.1 Å². The van der Waals surface area contributed by atoms with E-state index in [1.54, 1.807) is 38.2 Å². The maximum atomic E-state index is 13.5. The van der Waals surface area contributed by atoms with Crippen molar-refractivity contribution in [1.82, 2.24) is 14.7 Å². The summed E-state index contributed by atoms with van der Waals surface area (Å²) in [6.07, 6.45) is 0. The van der Waals surface area contributed by atoms with Crippen LogP contribution in [0.15, 0.2) is 54.6 Å². The molecule has 160 valence electrons. The van der Waals surface area contributed by atoms with Crippen LogP contribution in [0.2, 0.25) is 0 Å². The Morgan fingerprint density at radius 2 is 1.45 bits per heavy atom. The van der Waals surface area contributed by atoms with Crippen molar-refractivity contribution >= 4 is 39.7 Å². The Balaban J connectivity index is 1.63. The van der Waals surface area contributed by atoms with Crippen LogP contribution in [0.4, 0.5) is 4.79 Å². The fourth-order valence-electron chi connectivity index (χ4n) is 4.25. The molecule has 0 bridgehead atoms. The summed E-state index contributed by atoms with van der Waals surface area (Å²) in [5.74, 6) is -1.37. The number of halogens is 1. The molecule has 8 heteroatoms. The molecule has 2 aliphatic heterocycles. The molecule has 4 atom stereocenters. The fraction of sp³-hybridized carbons (Fsp3) is 0.304. The lowest BCUT2D eigenvalue weighted by molar-refractivity contribution is -0.129. The van der Waals surface area contributed by atoms with E-state index in [0.717, 1.165) is 10.5 Å². The first-order chi connectivity index (χ1) is 14.8. The SMILES string of the molecule is C[C@@H]1[C@H](c2ccccc2)N(C(=O)[C@@H](Br)[C@@H](C)N2C(=O)c3ccccc3C2=O)C(=O)N1C. The molecule has 1 saturated heterocycles. The number of alkyl halides is 1. The van der Waals surface area contributed by atoms with Gasteiger partial charge in [0.25, 0.3) is 11.8 Å². The van der Waals surface area contributed by atoms with E-state index in [1.165, 1.54) is 9.80 Å². The monoisotopic (exact) mass is 483 g/mol. The molecule has 0 aromatic heterocycles. The quantitative estimate of drug-likeness (QED) is 0.492. The third-order valence-corrected chi connectivity index (χ3v) is 7.28. The van der Waals surface area contributed by atoms with Crippen molar-refractivity contribution < 1.29 is 19.2 Å². The van der Waals surface area contributed by atoms with Gasteiger partial charge in [0.05, 0.1) is 29.3 Å². The lowest BCUT2D eigenvalue weighted by Crippen LogP contribution is -2.50. The molecule has 2 aromatic carbocycles. The molecule has 0 spiro atoms. The van der Waals surface area contributed by atoms with Gasteiger partial charge in [-0.2, -0.15) is 0 Å². The second-order valence-electron chi connectivity index (χ2n) is 7.87. The van der Waals surface area contributed by atoms with Crippen LogP contribution in [0, 0.1) is 0 Å². The van der Waals surface area contributed by atoms with Crippen LogP contribution in [0.5, 0.6) is 0 Å². The molecule has 0 saturated carbocycles. The zero-order valence-electron chi connectivity index (χ0n) is 17.4. The molecule has 2 heterocycles. The minimum atomic E-state index is -0.941. The van der Waals surface area contributed by atoms with Crippen LogP contribution < -0.4 is 0 Å². The summed E-state index contributed by atoms with van der Waals surface area (Å²) in [4.78, 5) is 55.0. The molecule has 7 nitrogen and oxygen atoms in total. The van der Waals surface area contributed by atoms with Gasteiger partial charge in [0.2, 0.25) is 5.91 Å². The standard InChI is InChI=1S/C23H22BrN3O4/c1-13(26-20(28)16-11-7-8-12-17(16)21(26)29)18(24)22(30)27-19(14(2)25(3)23(27)31)15-9-5-4-6-10-15/h4-14,18-19H,1-3H3/t13-,14-,18+,19-/m1/s1. The van der Waals surface area contributed by atoms with Crippen LogP contribution >= 0.6 is 15.9 Å². The zero-order chi connectivity index (χ0) is 22.4. The van der Waals surface area contributed by atoms with Gasteiger partial charge in [-0.1, -0.05) is 58.4 Å². The normalized spacial score (nSPS) is 22.7. The maximum absolute atomic E-state index is 13.5. The van der Waals surface area contributed by atoms with E-state index in [1.807, 2.05) is 37.3 Å². The van der Waals surface area contributed by atoms with E-state index in [4.69, 9.17) is 0 Å². The minimum absolute atomic E-state index is 0.229. The number of benzene rings is 2. The summed E-state index contributed by atoms with van der Waals surface area (Å²) < 4.78 is 0. The molecule has 4 rings (SSSR count). The lowest BCUT2D eigenvalue weighted by Gasteiger charge is -2.31.